The van der Waals surface area contributed by atoms with Gasteiger partial charge in [0.05, 0.1) is 26.9 Å². The van der Waals surface area contributed by atoms with Gasteiger partial charge in [-0.2, -0.15) is 0 Å². The molecule has 2 fully saturated rings. The highest BCUT2D eigenvalue weighted by atomic mass is 35.5. The van der Waals surface area contributed by atoms with Crippen molar-refractivity contribution < 1.29 is 31.3 Å². The molecule has 1 aliphatic carbocycles. The summed E-state index contributed by atoms with van der Waals surface area (Å²) in [5.74, 6) is -0.632. The van der Waals surface area contributed by atoms with E-state index in [1.165, 1.54) is 40.8 Å². The molecule has 3 aliphatic rings. The topological polar surface area (TPSA) is 175 Å². The van der Waals surface area contributed by atoms with E-state index in [-0.39, 0.29) is 40.3 Å². The summed E-state index contributed by atoms with van der Waals surface area (Å²) in [5.41, 5.74) is 5.45. The van der Waals surface area contributed by atoms with Gasteiger partial charge < -0.3 is 19.5 Å². The Morgan fingerprint density at radius 1 is 1.02 bits per heavy atom. The predicted octanol–water partition coefficient (Wildman–Crippen LogP) is 8.05. The van der Waals surface area contributed by atoms with Gasteiger partial charge in [-0.25, -0.2) is 21.6 Å². The van der Waals surface area contributed by atoms with Crippen molar-refractivity contribution in [2.45, 2.75) is 50.5 Å². The number of halogens is 1. The van der Waals surface area contributed by atoms with Gasteiger partial charge in [0.1, 0.15) is 17.2 Å². The predicted molar refractivity (Wildman–Crippen MR) is 243 cm³/mol. The summed E-state index contributed by atoms with van der Waals surface area (Å²) in [6.07, 6.45) is 5.25. The molecule has 8 rings (SSSR count). The number of ether oxygens (including phenoxy) is 1. The fourth-order valence-corrected chi connectivity index (χ4v) is 11.6. The van der Waals surface area contributed by atoms with Crippen LogP contribution in [0.1, 0.15) is 55.5 Å². The van der Waals surface area contributed by atoms with Crippen molar-refractivity contribution in [2.75, 3.05) is 61.1 Å². The van der Waals surface area contributed by atoms with E-state index in [0.29, 0.717) is 18.8 Å². The number of sulfone groups is 1. The van der Waals surface area contributed by atoms with E-state index in [2.05, 4.69) is 45.5 Å². The van der Waals surface area contributed by atoms with Crippen LogP contribution in [0, 0.1) is 15.5 Å². The summed E-state index contributed by atoms with van der Waals surface area (Å²) < 4.78 is 60.1. The van der Waals surface area contributed by atoms with Crippen LogP contribution in [0.15, 0.2) is 102 Å². The lowest BCUT2D eigenvalue weighted by atomic mass is 9.72. The van der Waals surface area contributed by atoms with Crippen molar-refractivity contribution in [1.82, 2.24) is 14.6 Å². The Balaban J connectivity index is 1.02. The van der Waals surface area contributed by atoms with Crippen LogP contribution in [0.3, 0.4) is 0 Å². The second-order valence-electron chi connectivity index (χ2n) is 17.2. The van der Waals surface area contributed by atoms with Gasteiger partial charge in [-0.05, 0) is 103 Å². The molecule has 0 radical (unpaired) electrons. The standard InChI is InChI=1S/C45H49ClN6O8S2/c1-45(2)17-14-32(39(27-45)30-4-6-33(46)7-5-30)28-50-19-21-51(22-20-50)34-8-11-38(43(25-34)60-36-9-12-40-31(24-36)15-18-47-40)44(53)48-62(58,59)37-10-13-41(42(26-37)52(54)55)49(3)35-16-23-61(56,57)29-35/h4-13,15,18,24-26,35,47H,14,16-17,19-23,27-29H2,1-3H3,(H,48,53). The number of nitro benzene ring substituents is 1. The Morgan fingerprint density at radius 3 is 2.48 bits per heavy atom. The van der Waals surface area contributed by atoms with E-state index >= 15 is 0 Å². The first kappa shape index (κ1) is 43.2. The number of aromatic amines is 1. The maximum atomic E-state index is 13.9. The first-order valence-corrected chi connectivity index (χ1v) is 24.2. The summed E-state index contributed by atoms with van der Waals surface area (Å²) in [6.45, 7) is 8.56. The normalized spacial score (nSPS) is 19.1. The van der Waals surface area contributed by atoms with Crippen LogP contribution in [0.25, 0.3) is 16.5 Å². The van der Waals surface area contributed by atoms with E-state index in [1.54, 1.807) is 24.4 Å². The molecule has 62 heavy (non-hydrogen) atoms. The number of nitro groups is 1. The number of sulfonamides is 1. The molecule has 1 unspecified atom stereocenters. The molecule has 0 saturated carbocycles. The Morgan fingerprint density at radius 2 is 1.77 bits per heavy atom. The molecule has 5 aromatic rings. The van der Waals surface area contributed by atoms with E-state index < -0.39 is 47.3 Å². The number of rotatable bonds is 12. The molecule has 326 valence electrons. The van der Waals surface area contributed by atoms with Gasteiger partial charge >= 0.3 is 0 Å². The third-order valence-corrected chi connectivity index (χ3v) is 15.6. The second kappa shape index (κ2) is 17.0. The minimum absolute atomic E-state index is 0.0388. The number of hydrogen-bond donors (Lipinski definition) is 2. The SMILES string of the molecule is CN(c1ccc(S(=O)(=O)NC(=O)c2ccc(N3CCN(CC4=C(c5ccc(Cl)cc5)CC(C)(C)CC4)CC3)cc2Oc2ccc3[nH]ccc3c2)cc1[N+](=O)[O-])C1CCS(=O)(=O)C1. The number of anilines is 2. The van der Waals surface area contributed by atoms with Crippen LogP contribution < -0.4 is 19.3 Å². The number of benzene rings is 4. The number of carbonyl (C=O) groups excluding carboxylic acids is 1. The number of piperazine rings is 1. The van der Waals surface area contributed by atoms with E-state index in [4.69, 9.17) is 16.3 Å². The zero-order valence-electron chi connectivity index (χ0n) is 34.8. The van der Waals surface area contributed by atoms with Gasteiger partial charge in [0.15, 0.2) is 9.84 Å². The molecule has 2 saturated heterocycles. The number of nitrogens with zero attached hydrogens (tertiary/aromatic N) is 4. The van der Waals surface area contributed by atoms with Crippen molar-refractivity contribution >= 4 is 70.9 Å². The molecule has 0 spiro atoms. The summed E-state index contributed by atoms with van der Waals surface area (Å²) in [7, 11) is -6.39. The first-order valence-electron chi connectivity index (χ1n) is 20.6. The largest absolute Gasteiger partial charge is 0.456 e. The lowest BCUT2D eigenvalue weighted by Crippen LogP contribution is -2.47. The zero-order valence-corrected chi connectivity index (χ0v) is 37.2. The van der Waals surface area contributed by atoms with Crippen molar-refractivity contribution in [3.8, 4) is 11.5 Å². The minimum atomic E-state index is -4.64. The van der Waals surface area contributed by atoms with Gasteiger partial charge in [0.25, 0.3) is 21.6 Å². The van der Waals surface area contributed by atoms with Crippen molar-refractivity contribution in [2.24, 2.45) is 5.41 Å². The van der Waals surface area contributed by atoms with Crippen molar-refractivity contribution in [3.05, 3.63) is 123 Å². The van der Waals surface area contributed by atoms with Gasteiger partial charge in [0.2, 0.25) is 0 Å². The number of allylic oxidation sites excluding steroid dienone is 1. The highest BCUT2D eigenvalue weighted by Crippen LogP contribution is 2.44. The fourth-order valence-electron chi connectivity index (χ4n) is 8.73. The highest BCUT2D eigenvalue weighted by Gasteiger charge is 2.35. The average molecular weight is 902 g/mol. The summed E-state index contributed by atoms with van der Waals surface area (Å²) in [6, 6.07) is 23.3. The van der Waals surface area contributed by atoms with Crippen LogP contribution in [-0.4, -0.2) is 94.9 Å². The van der Waals surface area contributed by atoms with Gasteiger partial charge in [-0.1, -0.05) is 43.2 Å². The smallest absolute Gasteiger partial charge is 0.293 e. The molecule has 1 aromatic heterocycles. The molecule has 1 atom stereocenters. The van der Waals surface area contributed by atoms with Gasteiger partial charge in [0, 0.05) is 85.8 Å². The maximum Gasteiger partial charge on any atom is 0.293 e. The molecule has 17 heteroatoms. The number of amides is 1. The fraction of sp³-hybridized carbons (Fsp3) is 0.356. The van der Waals surface area contributed by atoms with Crippen LogP contribution in [0.4, 0.5) is 17.1 Å². The molecule has 14 nitrogen and oxygen atoms in total. The zero-order chi connectivity index (χ0) is 44.0. The number of carbonyl (C=O) groups is 1. The van der Waals surface area contributed by atoms with Crippen molar-refractivity contribution in [1.29, 1.82) is 0 Å². The molecule has 0 bridgehead atoms. The summed E-state index contributed by atoms with van der Waals surface area (Å²) >= 11 is 6.24. The van der Waals surface area contributed by atoms with Crippen LogP contribution in [0.2, 0.25) is 5.02 Å². The molecule has 4 aromatic carbocycles. The van der Waals surface area contributed by atoms with Crippen LogP contribution >= 0.6 is 11.6 Å². The third kappa shape index (κ3) is 9.48. The number of aromatic nitrogens is 1. The molecule has 3 heterocycles. The summed E-state index contributed by atoms with van der Waals surface area (Å²) in [5, 5.41) is 13.8. The lowest BCUT2D eigenvalue weighted by molar-refractivity contribution is -0.384. The van der Waals surface area contributed by atoms with Gasteiger partial charge in [-0.15, -0.1) is 0 Å². The number of fused-ring (bicyclic) bond motifs is 1. The van der Waals surface area contributed by atoms with E-state index in [9.17, 15) is 31.7 Å². The molecule has 2 aliphatic heterocycles. The second-order valence-corrected chi connectivity index (χ2v) is 21.6. The number of H-pyrrole nitrogens is 1. The number of hydrogen-bond acceptors (Lipinski definition) is 11. The Hall–Kier alpha value is -5.42. The highest BCUT2D eigenvalue weighted by molar-refractivity contribution is 7.91. The average Bonchev–Trinajstić information content (AvgIpc) is 3.86. The molecular formula is C45H49ClN6O8S2. The quantitative estimate of drug-likeness (QED) is 0.0916. The van der Waals surface area contributed by atoms with Crippen LogP contribution in [0.5, 0.6) is 11.5 Å². The van der Waals surface area contributed by atoms with E-state index in [1.807, 2.05) is 30.3 Å². The molecule has 1 amide bonds. The summed E-state index contributed by atoms with van der Waals surface area (Å²) in [4.78, 5) is 34.2. The van der Waals surface area contributed by atoms with Gasteiger partial charge in [-0.3, -0.25) is 19.8 Å². The van der Waals surface area contributed by atoms with Crippen LogP contribution in [-0.2, 0) is 19.9 Å². The van der Waals surface area contributed by atoms with Crippen molar-refractivity contribution in [3.63, 3.8) is 0 Å². The Labute approximate surface area is 366 Å². The Bertz CT molecular complexity index is 2800. The molecular weight excluding hydrogens is 852 g/mol. The maximum absolute atomic E-state index is 13.9. The monoisotopic (exact) mass is 900 g/mol. The van der Waals surface area contributed by atoms with E-state index in [0.717, 1.165) is 72.6 Å². The first-order chi connectivity index (χ1) is 29.4. The lowest BCUT2D eigenvalue weighted by Gasteiger charge is -2.39. The Kier molecular flexibility index (Phi) is 11.9. The minimum Gasteiger partial charge on any atom is -0.456 e. The molecule has 2 N–H and O–H groups in total. The third-order valence-electron chi connectivity index (χ3n) is 12.3. The number of nitrogens with one attached hydrogen (secondary N) is 2.